The number of fused-ring (bicyclic) bond motifs is 1. The minimum absolute atomic E-state index is 0.0268. The van der Waals surface area contributed by atoms with Gasteiger partial charge in [0.05, 0.1) is 36.5 Å². The molecule has 34 heavy (non-hydrogen) atoms. The van der Waals surface area contributed by atoms with E-state index in [-0.39, 0.29) is 30.1 Å². The van der Waals surface area contributed by atoms with Gasteiger partial charge < -0.3 is 25.3 Å². The van der Waals surface area contributed by atoms with E-state index in [4.69, 9.17) is 19.9 Å². The second kappa shape index (κ2) is 10.3. The van der Waals surface area contributed by atoms with Gasteiger partial charge in [-0.2, -0.15) is 13.2 Å². The first kappa shape index (κ1) is 25.3. The Morgan fingerprint density at radius 3 is 2.38 bits per heavy atom. The minimum Gasteiger partial charge on any atom is -0.493 e. The van der Waals surface area contributed by atoms with Gasteiger partial charge in [0, 0.05) is 18.6 Å². The van der Waals surface area contributed by atoms with Crippen LogP contribution in [0.1, 0.15) is 30.9 Å². The Kier molecular flexibility index (Phi) is 7.65. The number of nitrogens with one attached hydrogen (secondary N) is 1. The van der Waals surface area contributed by atoms with E-state index >= 15 is 0 Å². The van der Waals surface area contributed by atoms with E-state index in [0.29, 0.717) is 40.7 Å². The molecular formula is C23H28F3N5O3. The van der Waals surface area contributed by atoms with E-state index in [1.807, 2.05) is 13.8 Å². The monoisotopic (exact) mass is 479 g/mol. The van der Waals surface area contributed by atoms with Crippen molar-refractivity contribution >= 4 is 22.5 Å². The summed E-state index contributed by atoms with van der Waals surface area (Å²) in [5, 5.41) is 3.66. The predicted molar refractivity (Wildman–Crippen MR) is 123 cm³/mol. The van der Waals surface area contributed by atoms with Crippen LogP contribution in [-0.4, -0.2) is 41.9 Å². The van der Waals surface area contributed by atoms with Crippen LogP contribution in [0.25, 0.3) is 10.9 Å². The summed E-state index contributed by atoms with van der Waals surface area (Å²) >= 11 is 0. The lowest BCUT2D eigenvalue weighted by Gasteiger charge is -2.21. The predicted octanol–water partition coefficient (Wildman–Crippen LogP) is 4.60. The van der Waals surface area contributed by atoms with Crippen LogP contribution in [0.2, 0.25) is 0 Å². The number of halogens is 3. The van der Waals surface area contributed by atoms with E-state index < -0.39 is 11.7 Å². The molecule has 0 saturated carbocycles. The molecule has 3 rings (SSSR count). The molecule has 184 valence electrons. The van der Waals surface area contributed by atoms with Crippen LogP contribution in [-0.2, 0) is 17.5 Å². The number of methoxy groups -OCH3 is 2. The number of nitrogens with zero attached hydrogens (tertiary/aromatic N) is 3. The highest BCUT2D eigenvalue weighted by atomic mass is 19.4. The number of nitrogen functional groups attached to an aromatic ring is 1. The van der Waals surface area contributed by atoms with Crippen LogP contribution in [0.15, 0.2) is 24.3 Å². The lowest BCUT2D eigenvalue weighted by atomic mass is 10.1. The first-order valence-electron chi connectivity index (χ1n) is 10.6. The first-order valence-corrected chi connectivity index (χ1v) is 10.6. The van der Waals surface area contributed by atoms with E-state index in [9.17, 15) is 13.2 Å². The number of rotatable bonds is 9. The van der Waals surface area contributed by atoms with Gasteiger partial charge in [-0.25, -0.2) is 15.0 Å². The van der Waals surface area contributed by atoms with Crippen molar-refractivity contribution in [3.63, 3.8) is 0 Å². The molecule has 1 unspecified atom stereocenters. The van der Waals surface area contributed by atoms with Crippen molar-refractivity contribution in [2.75, 3.05) is 31.9 Å². The van der Waals surface area contributed by atoms with Gasteiger partial charge in [0.1, 0.15) is 24.1 Å². The maximum absolute atomic E-state index is 13.1. The summed E-state index contributed by atoms with van der Waals surface area (Å²) in [6, 6.07) is 5.21. The van der Waals surface area contributed by atoms with Gasteiger partial charge in [0.25, 0.3) is 0 Å². The average Bonchev–Trinajstić information content (AvgIpc) is 2.76. The van der Waals surface area contributed by atoms with Gasteiger partial charge in [-0.05, 0) is 31.0 Å². The van der Waals surface area contributed by atoms with Crippen LogP contribution in [0, 0.1) is 12.8 Å². The number of pyridine rings is 1. The lowest BCUT2D eigenvalue weighted by Crippen LogP contribution is -2.26. The number of hydrogen-bond donors (Lipinski definition) is 2. The summed E-state index contributed by atoms with van der Waals surface area (Å²) in [7, 11) is 3.15. The van der Waals surface area contributed by atoms with Crippen LogP contribution in [0.3, 0.4) is 0 Å². The Hall–Kier alpha value is -3.34. The summed E-state index contributed by atoms with van der Waals surface area (Å²) in [6.45, 7) is 6.05. The van der Waals surface area contributed by atoms with E-state index in [0.717, 1.165) is 12.1 Å². The number of aryl methyl sites for hydroxylation is 1. The molecule has 11 heteroatoms. The average molecular weight is 480 g/mol. The van der Waals surface area contributed by atoms with Crippen LogP contribution < -0.4 is 20.5 Å². The summed E-state index contributed by atoms with van der Waals surface area (Å²) in [6.07, 6.45) is -4.65. The van der Waals surface area contributed by atoms with Gasteiger partial charge in [0.15, 0.2) is 11.5 Å². The fourth-order valence-corrected chi connectivity index (χ4v) is 3.40. The number of hydrogen-bond acceptors (Lipinski definition) is 8. The Balaban J connectivity index is 1.94. The topological polar surface area (TPSA) is 104 Å². The van der Waals surface area contributed by atoms with E-state index in [1.165, 1.54) is 7.11 Å². The summed E-state index contributed by atoms with van der Waals surface area (Å²) in [5.41, 5.74) is 5.43. The zero-order chi connectivity index (χ0) is 25.0. The molecule has 3 aromatic rings. The standard InChI is InChI=1S/C23H28F3N5O3/c1-12(2)20(33-5)11-34-19-8-16-17(9-18(19)32-4)29-13(3)30-22(16)28-10-15-6-14(23(24,25)26)7-21(27)31-15/h6-9,12,20H,10-11H2,1-5H3,(H2,27,31)(H,28,29,30). The molecule has 1 atom stereocenters. The van der Waals surface area contributed by atoms with Crippen LogP contribution >= 0.6 is 0 Å². The van der Waals surface area contributed by atoms with Crippen molar-refractivity contribution < 1.29 is 27.4 Å². The molecule has 0 fully saturated rings. The van der Waals surface area contributed by atoms with Gasteiger partial charge in [-0.3, -0.25) is 0 Å². The summed E-state index contributed by atoms with van der Waals surface area (Å²) in [5.74, 6) is 1.87. The molecule has 2 aromatic heterocycles. The maximum Gasteiger partial charge on any atom is 0.416 e. The van der Waals surface area contributed by atoms with Crippen LogP contribution in [0.4, 0.5) is 24.8 Å². The molecule has 3 N–H and O–H groups in total. The molecule has 1 aromatic carbocycles. The largest absolute Gasteiger partial charge is 0.493 e. The van der Waals surface area contributed by atoms with Crippen molar-refractivity contribution in [2.24, 2.45) is 5.92 Å². The van der Waals surface area contributed by atoms with Gasteiger partial charge in [-0.15, -0.1) is 0 Å². The van der Waals surface area contributed by atoms with E-state index in [2.05, 4.69) is 20.3 Å². The number of anilines is 2. The smallest absolute Gasteiger partial charge is 0.416 e. The van der Waals surface area contributed by atoms with Gasteiger partial charge >= 0.3 is 6.18 Å². The molecule has 0 aliphatic carbocycles. The highest BCUT2D eigenvalue weighted by Gasteiger charge is 2.31. The molecule has 0 aliphatic rings. The van der Waals surface area contributed by atoms with Crippen molar-refractivity contribution in [1.82, 2.24) is 15.0 Å². The Bertz CT molecular complexity index is 1150. The molecular weight excluding hydrogens is 451 g/mol. The highest BCUT2D eigenvalue weighted by molar-refractivity contribution is 5.91. The number of ether oxygens (including phenoxy) is 3. The highest BCUT2D eigenvalue weighted by Crippen LogP contribution is 2.35. The third kappa shape index (κ3) is 5.96. The molecule has 0 aliphatic heterocycles. The SMILES string of the molecule is COc1cc2nc(C)nc(NCc3cc(C(F)(F)F)cc(N)n3)c2cc1OCC(OC)C(C)C. The van der Waals surface area contributed by atoms with Crippen molar-refractivity contribution in [3.05, 3.63) is 41.3 Å². The number of benzene rings is 1. The molecule has 8 nitrogen and oxygen atoms in total. The Morgan fingerprint density at radius 1 is 1.03 bits per heavy atom. The third-order valence-corrected chi connectivity index (χ3v) is 5.20. The molecule has 0 spiro atoms. The molecule has 0 radical (unpaired) electrons. The number of nitrogens with two attached hydrogens (primary N) is 1. The van der Waals surface area contributed by atoms with Gasteiger partial charge in [0.2, 0.25) is 0 Å². The molecule has 0 bridgehead atoms. The van der Waals surface area contributed by atoms with Crippen molar-refractivity contribution in [1.29, 1.82) is 0 Å². The van der Waals surface area contributed by atoms with Crippen LogP contribution in [0.5, 0.6) is 11.5 Å². The second-order valence-corrected chi connectivity index (χ2v) is 8.09. The first-order chi connectivity index (χ1) is 16.0. The maximum atomic E-state index is 13.1. The molecule has 0 amide bonds. The van der Waals surface area contributed by atoms with E-state index in [1.54, 1.807) is 26.2 Å². The zero-order valence-corrected chi connectivity index (χ0v) is 19.7. The normalized spacial score (nSPS) is 12.7. The Morgan fingerprint density at radius 2 is 1.76 bits per heavy atom. The molecule has 2 heterocycles. The van der Waals surface area contributed by atoms with Crippen molar-refractivity contribution in [3.8, 4) is 11.5 Å². The van der Waals surface area contributed by atoms with Gasteiger partial charge in [-0.1, -0.05) is 13.8 Å². The number of aromatic nitrogens is 3. The summed E-state index contributed by atoms with van der Waals surface area (Å²) in [4.78, 5) is 12.9. The fourth-order valence-electron chi connectivity index (χ4n) is 3.40. The lowest BCUT2D eigenvalue weighted by molar-refractivity contribution is -0.137. The Labute approximate surface area is 195 Å². The van der Waals surface area contributed by atoms with Crippen molar-refractivity contribution in [2.45, 2.75) is 39.6 Å². The third-order valence-electron chi connectivity index (χ3n) is 5.20. The number of alkyl halides is 3. The quantitative estimate of drug-likeness (QED) is 0.459. The molecule has 0 saturated heterocycles. The second-order valence-electron chi connectivity index (χ2n) is 8.09. The minimum atomic E-state index is -4.52. The summed E-state index contributed by atoms with van der Waals surface area (Å²) < 4.78 is 56.3. The zero-order valence-electron chi connectivity index (χ0n) is 19.7. The fraction of sp³-hybridized carbons (Fsp3) is 0.435.